The summed E-state index contributed by atoms with van der Waals surface area (Å²) in [6.07, 6.45) is 0. The van der Waals surface area contributed by atoms with E-state index in [1.807, 2.05) is 0 Å². The standard InChI is InChI=1S/C17H18BrN3O4S/c1-11(21-26(24,25)16-8-6-13(18)7-9-16)17(23)20-15-5-3-4-14(10-15)19-12(2)22/h3-11,21H,1-2H3,(H,19,22)(H,20,23)/t11-/m0/s1. The highest BCUT2D eigenvalue weighted by molar-refractivity contribution is 9.10. The van der Waals surface area contributed by atoms with E-state index in [-0.39, 0.29) is 10.8 Å². The Kier molecular flexibility index (Phi) is 6.52. The second kappa shape index (κ2) is 8.43. The average molecular weight is 440 g/mol. The van der Waals surface area contributed by atoms with Crippen molar-refractivity contribution in [2.45, 2.75) is 24.8 Å². The predicted molar refractivity (Wildman–Crippen MR) is 103 cm³/mol. The van der Waals surface area contributed by atoms with Crippen molar-refractivity contribution in [1.29, 1.82) is 0 Å². The molecular weight excluding hydrogens is 422 g/mol. The molecule has 3 N–H and O–H groups in total. The van der Waals surface area contributed by atoms with Crippen molar-refractivity contribution in [3.63, 3.8) is 0 Å². The lowest BCUT2D eigenvalue weighted by Crippen LogP contribution is -2.41. The van der Waals surface area contributed by atoms with Crippen LogP contribution >= 0.6 is 15.9 Å². The summed E-state index contributed by atoms with van der Waals surface area (Å²) in [5.74, 6) is -0.755. The molecule has 0 saturated heterocycles. The normalized spacial score (nSPS) is 12.3. The Hall–Kier alpha value is -2.23. The first-order chi connectivity index (χ1) is 12.2. The van der Waals surface area contributed by atoms with Crippen LogP contribution < -0.4 is 15.4 Å². The number of amides is 2. The minimum atomic E-state index is -3.83. The highest BCUT2D eigenvalue weighted by Gasteiger charge is 2.22. The largest absolute Gasteiger partial charge is 0.326 e. The predicted octanol–water partition coefficient (Wildman–Crippen LogP) is 2.71. The third kappa shape index (κ3) is 5.65. The van der Waals surface area contributed by atoms with Crippen LogP contribution in [0.4, 0.5) is 11.4 Å². The molecule has 9 heteroatoms. The van der Waals surface area contributed by atoms with Crippen LogP contribution in [0.3, 0.4) is 0 Å². The van der Waals surface area contributed by atoms with Gasteiger partial charge in [-0.05, 0) is 49.4 Å². The fourth-order valence-electron chi connectivity index (χ4n) is 2.10. The highest BCUT2D eigenvalue weighted by Crippen LogP contribution is 2.17. The Balaban J connectivity index is 2.05. The van der Waals surface area contributed by atoms with Crippen molar-refractivity contribution >= 4 is 49.1 Å². The Morgan fingerprint density at radius 1 is 1.00 bits per heavy atom. The molecule has 2 aromatic rings. The van der Waals surface area contributed by atoms with Gasteiger partial charge in [-0.1, -0.05) is 22.0 Å². The summed E-state index contributed by atoms with van der Waals surface area (Å²) in [5, 5.41) is 5.22. The second-order valence-electron chi connectivity index (χ2n) is 5.55. The summed E-state index contributed by atoms with van der Waals surface area (Å²) >= 11 is 3.24. The van der Waals surface area contributed by atoms with Gasteiger partial charge in [0.05, 0.1) is 10.9 Å². The molecule has 0 aliphatic heterocycles. The molecule has 138 valence electrons. The molecule has 0 aromatic heterocycles. The lowest BCUT2D eigenvalue weighted by atomic mass is 10.2. The van der Waals surface area contributed by atoms with E-state index < -0.39 is 22.0 Å². The number of benzene rings is 2. The van der Waals surface area contributed by atoms with Gasteiger partial charge in [0.1, 0.15) is 0 Å². The van der Waals surface area contributed by atoms with E-state index in [0.717, 1.165) is 4.47 Å². The minimum absolute atomic E-state index is 0.0630. The molecule has 26 heavy (non-hydrogen) atoms. The lowest BCUT2D eigenvalue weighted by molar-refractivity contribution is -0.117. The van der Waals surface area contributed by atoms with Crippen LogP contribution in [-0.2, 0) is 19.6 Å². The molecule has 0 heterocycles. The lowest BCUT2D eigenvalue weighted by Gasteiger charge is -2.15. The van der Waals surface area contributed by atoms with Crippen LogP contribution in [0.1, 0.15) is 13.8 Å². The number of carbonyl (C=O) groups is 2. The minimum Gasteiger partial charge on any atom is -0.326 e. The molecule has 0 spiro atoms. The fourth-order valence-corrected chi connectivity index (χ4v) is 3.56. The van der Waals surface area contributed by atoms with Gasteiger partial charge >= 0.3 is 0 Å². The van der Waals surface area contributed by atoms with E-state index in [2.05, 4.69) is 31.3 Å². The first-order valence-corrected chi connectivity index (χ1v) is 9.91. The molecule has 2 aromatic carbocycles. The Morgan fingerprint density at radius 3 is 2.15 bits per heavy atom. The number of sulfonamides is 1. The Morgan fingerprint density at radius 2 is 1.58 bits per heavy atom. The molecule has 2 rings (SSSR count). The zero-order chi connectivity index (χ0) is 19.3. The molecule has 0 aliphatic rings. The van der Waals surface area contributed by atoms with Gasteiger partial charge < -0.3 is 10.6 Å². The number of halogens is 1. The molecular formula is C17H18BrN3O4S. The number of rotatable bonds is 6. The molecule has 7 nitrogen and oxygen atoms in total. The maximum absolute atomic E-state index is 12.3. The zero-order valence-corrected chi connectivity index (χ0v) is 16.5. The van der Waals surface area contributed by atoms with E-state index in [1.54, 1.807) is 36.4 Å². The monoisotopic (exact) mass is 439 g/mol. The van der Waals surface area contributed by atoms with Gasteiger partial charge in [-0.25, -0.2) is 8.42 Å². The fraction of sp³-hybridized carbons (Fsp3) is 0.176. The Bertz CT molecular complexity index is 914. The summed E-state index contributed by atoms with van der Waals surface area (Å²) in [6.45, 7) is 2.83. The van der Waals surface area contributed by atoms with Crippen molar-refractivity contribution in [2.24, 2.45) is 0 Å². The van der Waals surface area contributed by atoms with Crippen LogP contribution in [0.5, 0.6) is 0 Å². The Labute approximate surface area is 160 Å². The summed E-state index contributed by atoms with van der Waals surface area (Å²) < 4.78 is 27.7. The third-order valence-corrected chi connectivity index (χ3v) is 5.38. The van der Waals surface area contributed by atoms with E-state index in [0.29, 0.717) is 11.4 Å². The molecule has 1 atom stereocenters. The number of carbonyl (C=O) groups excluding carboxylic acids is 2. The second-order valence-corrected chi connectivity index (χ2v) is 8.18. The topological polar surface area (TPSA) is 104 Å². The number of hydrogen-bond donors (Lipinski definition) is 3. The number of nitrogens with one attached hydrogen (secondary N) is 3. The van der Waals surface area contributed by atoms with Crippen molar-refractivity contribution in [2.75, 3.05) is 10.6 Å². The SMILES string of the molecule is CC(=O)Nc1cccc(NC(=O)[C@H](C)NS(=O)(=O)c2ccc(Br)cc2)c1. The first kappa shape index (κ1) is 20.1. The molecule has 0 radical (unpaired) electrons. The third-order valence-electron chi connectivity index (χ3n) is 3.30. The van der Waals surface area contributed by atoms with E-state index in [4.69, 9.17) is 0 Å². The maximum Gasteiger partial charge on any atom is 0.242 e. The van der Waals surface area contributed by atoms with E-state index >= 15 is 0 Å². The van der Waals surface area contributed by atoms with Crippen LogP contribution in [0.15, 0.2) is 57.9 Å². The van der Waals surface area contributed by atoms with Gasteiger partial charge in [-0.15, -0.1) is 0 Å². The summed E-state index contributed by atoms with van der Waals surface area (Å²) in [6, 6.07) is 11.7. The van der Waals surface area contributed by atoms with Crippen LogP contribution in [0.2, 0.25) is 0 Å². The number of anilines is 2. The molecule has 0 aliphatic carbocycles. The molecule has 2 amide bonds. The maximum atomic E-state index is 12.3. The van der Waals surface area contributed by atoms with E-state index in [1.165, 1.54) is 26.0 Å². The molecule has 0 fully saturated rings. The summed E-state index contributed by atoms with van der Waals surface area (Å²) in [4.78, 5) is 23.4. The van der Waals surface area contributed by atoms with Gasteiger partial charge in [-0.3, -0.25) is 9.59 Å². The molecule has 0 bridgehead atoms. The van der Waals surface area contributed by atoms with Crippen molar-refractivity contribution < 1.29 is 18.0 Å². The quantitative estimate of drug-likeness (QED) is 0.643. The first-order valence-electron chi connectivity index (χ1n) is 7.64. The zero-order valence-electron chi connectivity index (χ0n) is 14.1. The molecule has 0 saturated carbocycles. The summed E-state index contributed by atoms with van der Waals surface area (Å²) in [7, 11) is -3.83. The van der Waals surface area contributed by atoms with Crippen molar-refractivity contribution in [3.05, 3.63) is 53.0 Å². The summed E-state index contributed by atoms with van der Waals surface area (Å²) in [5.41, 5.74) is 0.967. The highest BCUT2D eigenvalue weighted by atomic mass is 79.9. The van der Waals surface area contributed by atoms with Crippen molar-refractivity contribution in [3.8, 4) is 0 Å². The smallest absolute Gasteiger partial charge is 0.242 e. The van der Waals surface area contributed by atoms with Gasteiger partial charge in [0.15, 0.2) is 0 Å². The van der Waals surface area contributed by atoms with Crippen LogP contribution in [0.25, 0.3) is 0 Å². The van der Waals surface area contributed by atoms with Gasteiger partial charge in [-0.2, -0.15) is 4.72 Å². The average Bonchev–Trinajstić information content (AvgIpc) is 2.54. The van der Waals surface area contributed by atoms with E-state index in [9.17, 15) is 18.0 Å². The molecule has 0 unspecified atom stereocenters. The van der Waals surface area contributed by atoms with Crippen molar-refractivity contribution in [1.82, 2.24) is 4.72 Å². The number of hydrogen-bond acceptors (Lipinski definition) is 4. The van der Waals surface area contributed by atoms with Gasteiger partial charge in [0.2, 0.25) is 21.8 Å². The van der Waals surface area contributed by atoms with Gasteiger partial charge in [0.25, 0.3) is 0 Å². The van der Waals surface area contributed by atoms with Crippen LogP contribution in [0, 0.1) is 0 Å². The van der Waals surface area contributed by atoms with Gasteiger partial charge in [0, 0.05) is 22.8 Å². The van der Waals surface area contributed by atoms with Crippen LogP contribution in [-0.4, -0.2) is 26.3 Å².